The number of nitrogens with zero attached hydrogens (tertiary/aromatic N) is 2. The van der Waals surface area contributed by atoms with Crippen molar-refractivity contribution in [1.29, 1.82) is 0 Å². The van der Waals surface area contributed by atoms with E-state index in [-0.39, 0.29) is 129 Å². The van der Waals surface area contributed by atoms with Gasteiger partial charge in [0.05, 0.1) is 9.85 Å². The Morgan fingerprint density at radius 3 is 0.886 bits per heavy atom. The van der Waals surface area contributed by atoms with Gasteiger partial charge in [-0.25, -0.2) is 0 Å². The third-order valence-corrected chi connectivity index (χ3v) is 2.34. The Morgan fingerprint density at radius 1 is 0.659 bits per heavy atom. The van der Waals surface area contributed by atoms with Crippen molar-refractivity contribution < 1.29 is 62.0 Å². The number of non-ortho nitro benzene ring substituents is 2. The average molecular weight is 716 g/mol. The molecule has 12 nitrogen and oxygen atoms in total. The predicted octanol–water partition coefficient (Wildman–Crippen LogP) is 8.56. The van der Waals surface area contributed by atoms with Crippen LogP contribution >= 0.6 is 0 Å². The average Bonchev–Trinajstić information content (AvgIpc) is 2.76. The minimum atomic E-state index is -0.417. The normalized spacial score (nSPS) is 6.14. The number of benzene rings is 2. The van der Waals surface area contributed by atoms with Gasteiger partial charge >= 0.3 is 0 Å². The van der Waals surface area contributed by atoms with E-state index >= 15 is 0 Å². The molecule has 0 saturated carbocycles. The zero-order valence-corrected chi connectivity index (χ0v) is 25.7. The number of primary amides is 2. The maximum Gasteiger partial charge on any atom is 0.269 e. The molecule has 13 heteroatoms. The molecule has 0 heterocycles. The molecule has 0 spiro atoms. The van der Waals surface area contributed by atoms with Gasteiger partial charge in [0.25, 0.3) is 11.4 Å². The number of rotatable bonds is 4. The molecule has 0 unspecified atom stereocenters. The van der Waals surface area contributed by atoms with Gasteiger partial charge in [-0.05, 0) is 20.8 Å². The molecule has 5 N–H and O–H groups in total. The quantitative estimate of drug-likeness (QED) is 0.159. The number of carbonyl (C=O) groups excluding carboxylic acids is 2. The van der Waals surface area contributed by atoms with Crippen LogP contribution in [0.4, 0.5) is 11.4 Å². The van der Waals surface area contributed by atoms with Crippen molar-refractivity contribution in [2.24, 2.45) is 11.5 Å². The number of ether oxygens (including phenoxy) is 1. The van der Waals surface area contributed by atoms with Crippen LogP contribution in [0.2, 0.25) is 0 Å². The van der Waals surface area contributed by atoms with E-state index in [1.165, 1.54) is 38.1 Å². The van der Waals surface area contributed by atoms with E-state index < -0.39 is 9.85 Å². The summed E-state index contributed by atoms with van der Waals surface area (Å²) in [5, 5.41) is 27.6. The SMILES string of the molecule is C.C.C.C.C.C.C.CC(N)=O.CC(N)=O.CCO.CCOCC.O=[N+]([O-])c1ccccc1.O=[N+]([O-])c1ccccc1.[CH3-].[CH3-].[Y]. The van der Waals surface area contributed by atoms with Crippen LogP contribution in [0.25, 0.3) is 0 Å². The van der Waals surface area contributed by atoms with Gasteiger partial charge in [0.2, 0.25) is 11.8 Å². The Labute approximate surface area is 297 Å². The number of aliphatic hydroxyl groups excluding tert-OH is 1. The summed E-state index contributed by atoms with van der Waals surface area (Å²) in [4.78, 5) is 37.6. The number of nitro benzene ring substituents is 2. The number of para-hydroxylation sites is 2. The van der Waals surface area contributed by atoms with Gasteiger partial charge in [0, 0.05) is 90.6 Å². The molecule has 0 atom stereocenters. The van der Waals surface area contributed by atoms with E-state index in [2.05, 4.69) is 11.5 Å². The fourth-order valence-corrected chi connectivity index (χ4v) is 1.30. The molecule has 0 aliphatic carbocycles. The molecule has 1 radical (unpaired) electrons. The van der Waals surface area contributed by atoms with Gasteiger partial charge in [-0.2, -0.15) is 0 Å². The Bertz CT molecular complexity index is 700. The van der Waals surface area contributed by atoms with Crippen molar-refractivity contribution in [3.05, 3.63) is 95.7 Å². The standard InChI is InChI=1S/2C6H5NO2.C4H10O.2C2H5NO.C2H6O.7CH4.2CH3.Y/c2*8-7(9)6-4-2-1-3-5-6;1-3-5-4-2;2*1-2(3)4;1-2-3;;;;;;;;;;/h2*1-5H;3-4H2,1-2H3;2*1H3,(H2,3,4);3H,2H2,1H3;7*1H4;2*1H3;/q;;;;;;;;;;;;;2*-1;. The molecule has 44 heavy (non-hydrogen) atoms. The molecule has 2 amide bonds. The summed E-state index contributed by atoms with van der Waals surface area (Å²) in [6.45, 7) is 10.2. The van der Waals surface area contributed by atoms with E-state index in [9.17, 15) is 29.8 Å². The van der Waals surface area contributed by atoms with Crippen LogP contribution in [-0.2, 0) is 47.0 Å². The molecule has 0 fully saturated rings. The summed E-state index contributed by atoms with van der Waals surface area (Å²) in [6.07, 6.45) is 0. The van der Waals surface area contributed by atoms with Gasteiger partial charge in [0.1, 0.15) is 0 Å². The molecule has 267 valence electrons. The van der Waals surface area contributed by atoms with Crippen LogP contribution in [0.15, 0.2) is 60.7 Å². The minimum Gasteiger partial charge on any atom is -0.397 e. The van der Waals surface area contributed by atoms with Crippen LogP contribution in [0.1, 0.15) is 86.6 Å². The Balaban J connectivity index is -0.0000000204. The number of hydrogen-bond donors (Lipinski definition) is 3. The molecule has 0 aliphatic rings. The van der Waals surface area contributed by atoms with Crippen LogP contribution in [0.3, 0.4) is 0 Å². The summed E-state index contributed by atoms with van der Waals surface area (Å²) in [7, 11) is 0. The molecule has 2 rings (SSSR count). The number of hydrogen-bond acceptors (Lipinski definition) is 8. The maximum atomic E-state index is 10.0. The molecule has 0 saturated heterocycles. The fourth-order valence-electron chi connectivity index (χ4n) is 1.30. The molecule has 2 aromatic rings. The van der Waals surface area contributed by atoms with Crippen molar-refractivity contribution in [2.45, 2.75) is 86.6 Å². The number of amides is 2. The van der Waals surface area contributed by atoms with Crippen LogP contribution in [0, 0.1) is 35.1 Å². The first kappa shape index (κ1) is 90.0. The van der Waals surface area contributed by atoms with Crippen LogP contribution in [-0.4, -0.2) is 46.6 Å². The van der Waals surface area contributed by atoms with Crippen molar-refractivity contribution in [1.82, 2.24) is 0 Å². The zero-order chi connectivity index (χ0) is 27.4. The zero-order valence-electron chi connectivity index (χ0n) is 22.8. The summed E-state index contributed by atoms with van der Waals surface area (Å²) >= 11 is 0. The Hall–Kier alpha value is -2.80. The minimum absolute atomic E-state index is 0. The largest absolute Gasteiger partial charge is 0.397 e. The van der Waals surface area contributed by atoms with E-state index in [0.29, 0.717) is 0 Å². The van der Waals surface area contributed by atoms with Crippen molar-refractivity contribution in [3.63, 3.8) is 0 Å². The molecule has 0 aromatic heterocycles. The van der Waals surface area contributed by atoms with Crippen molar-refractivity contribution in [3.8, 4) is 0 Å². The Kier molecular flexibility index (Phi) is 148. The third kappa shape index (κ3) is 106. The molecule has 0 bridgehead atoms. The first-order valence-corrected chi connectivity index (χ1v) is 10.00. The van der Waals surface area contributed by atoms with Crippen LogP contribution in [0.5, 0.6) is 0 Å². The second-order valence-corrected chi connectivity index (χ2v) is 5.50. The number of nitrogens with two attached hydrogens (primary N) is 2. The summed E-state index contributed by atoms with van der Waals surface area (Å²) in [5.41, 5.74) is 9.22. The van der Waals surface area contributed by atoms with Crippen molar-refractivity contribution in [2.75, 3.05) is 19.8 Å². The first-order valence-electron chi connectivity index (χ1n) is 10.00. The maximum absolute atomic E-state index is 10.0. The summed E-state index contributed by atoms with van der Waals surface area (Å²) in [5.74, 6) is -0.667. The third-order valence-electron chi connectivity index (χ3n) is 2.34. The first-order chi connectivity index (χ1) is 15.9. The topological polar surface area (TPSA) is 202 Å². The van der Waals surface area contributed by atoms with E-state index in [0.717, 1.165) is 13.2 Å². The van der Waals surface area contributed by atoms with E-state index in [1.54, 1.807) is 43.3 Å². The predicted molar refractivity (Wildman–Crippen MR) is 191 cm³/mol. The summed E-state index contributed by atoms with van der Waals surface area (Å²) in [6, 6.07) is 15.9. The molecule has 0 aliphatic heterocycles. The number of carbonyl (C=O) groups is 2. The molecular formula is C31H70N4O8Y-2. The second kappa shape index (κ2) is 72.5. The van der Waals surface area contributed by atoms with Gasteiger partial charge in [-0.1, -0.05) is 88.4 Å². The van der Waals surface area contributed by atoms with Gasteiger partial charge < -0.3 is 36.2 Å². The molecule has 2 aromatic carbocycles. The fraction of sp³-hybridized carbons (Fsp3) is 0.484. The van der Waals surface area contributed by atoms with E-state index in [4.69, 9.17) is 9.84 Å². The Morgan fingerprint density at radius 2 is 0.818 bits per heavy atom. The smallest absolute Gasteiger partial charge is 0.269 e. The monoisotopic (exact) mass is 715 g/mol. The summed E-state index contributed by atoms with van der Waals surface area (Å²) < 4.78 is 4.83. The number of aliphatic hydroxyl groups is 1. The van der Waals surface area contributed by atoms with Crippen molar-refractivity contribution >= 4 is 23.2 Å². The van der Waals surface area contributed by atoms with Gasteiger partial charge in [-0.15, -0.1) is 0 Å². The number of nitro groups is 2. The van der Waals surface area contributed by atoms with Crippen LogP contribution < -0.4 is 11.5 Å². The van der Waals surface area contributed by atoms with Gasteiger partial charge in [-0.3, -0.25) is 29.8 Å². The molecular weight excluding hydrogens is 645 g/mol. The van der Waals surface area contributed by atoms with E-state index in [1.807, 2.05) is 13.8 Å². The second-order valence-electron chi connectivity index (χ2n) is 5.50. The van der Waals surface area contributed by atoms with Gasteiger partial charge in [0.15, 0.2) is 0 Å².